The Hall–Kier alpha value is -0.900. The van der Waals surface area contributed by atoms with Gasteiger partial charge in [0.1, 0.15) is 5.82 Å². The molecule has 0 aromatic heterocycles. The minimum Gasteiger partial charge on any atom is -0.352 e. The minimum atomic E-state index is -0.492. The average molecular weight is 286 g/mol. The number of halogens is 2. The van der Waals surface area contributed by atoms with Gasteiger partial charge < -0.3 is 5.32 Å². The molecule has 16 heavy (non-hydrogen) atoms. The molecule has 1 amide bonds. The number of rotatable bonds is 3. The fourth-order valence-corrected chi connectivity index (χ4v) is 2.07. The van der Waals surface area contributed by atoms with Gasteiger partial charge in [0.2, 0.25) is 0 Å². The third kappa shape index (κ3) is 2.43. The lowest BCUT2D eigenvalue weighted by atomic mass is 9.85. The molecule has 2 rings (SSSR count). The van der Waals surface area contributed by atoms with E-state index in [-0.39, 0.29) is 11.5 Å². The Kier molecular flexibility index (Phi) is 3.59. The Labute approximate surface area is 102 Å². The molecule has 0 bridgehead atoms. The molecule has 2 nitrogen and oxygen atoms in total. The summed E-state index contributed by atoms with van der Waals surface area (Å²) in [5.74, 6) is -0.238. The number of amides is 1. The first-order valence-corrected chi connectivity index (χ1v) is 6.20. The second kappa shape index (κ2) is 4.95. The highest BCUT2D eigenvalue weighted by molar-refractivity contribution is 9.10. The van der Waals surface area contributed by atoms with E-state index in [0.29, 0.717) is 16.9 Å². The van der Waals surface area contributed by atoms with E-state index in [9.17, 15) is 9.18 Å². The quantitative estimate of drug-likeness (QED) is 0.908. The monoisotopic (exact) mass is 285 g/mol. The Bertz CT molecular complexity index is 404. The van der Waals surface area contributed by atoms with Crippen LogP contribution in [0.25, 0.3) is 0 Å². The molecule has 1 aromatic carbocycles. The van der Waals surface area contributed by atoms with Crippen molar-refractivity contribution >= 4 is 21.8 Å². The van der Waals surface area contributed by atoms with Crippen molar-refractivity contribution < 1.29 is 9.18 Å². The molecule has 86 valence electrons. The standard InChI is InChI=1S/C12H13BrFNO/c13-10-6-2-5-9(11(10)14)12(16)15-7-8-3-1-4-8/h2,5-6,8H,1,3-4,7H2,(H,15,16). The molecule has 1 aromatic rings. The number of carbonyl (C=O) groups excluding carboxylic acids is 1. The van der Waals surface area contributed by atoms with Gasteiger partial charge in [-0.15, -0.1) is 0 Å². The first kappa shape index (κ1) is 11.6. The summed E-state index contributed by atoms with van der Waals surface area (Å²) < 4.78 is 13.9. The molecule has 0 saturated heterocycles. The molecule has 1 N–H and O–H groups in total. The zero-order valence-corrected chi connectivity index (χ0v) is 10.4. The van der Waals surface area contributed by atoms with Crippen LogP contribution in [0.1, 0.15) is 29.6 Å². The third-order valence-corrected chi connectivity index (χ3v) is 3.58. The summed E-state index contributed by atoms with van der Waals surface area (Å²) in [5, 5.41) is 2.77. The van der Waals surface area contributed by atoms with Crippen molar-refractivity contribution in [2.75, 3.05) is 6.54 Å². The lowest BCUT2D eigenvalue weighted by Crippen LogP contribution is -2.32. The van der Waals surface area contributed by atoms with Crippen LogP contribution in [0.5, 0.6) is 0 Å². The summed E-state index contributed by atoms with van der Waals surface area (Å²) in [4.78, 5) is 11.7. The van der Waals surface area contributed by atoms with E-state index < -0.39 is 5.82 Å². The number of hydrogen-bond acceptors (Lipinski definition) is 1. The fourth-order valence-electron chi connectivity index (χ4n) is 1.71. The van der Waals surface area contributed by atoms with E-state index >= 15 is 0 Å². The highest BCUT2D eigenvalue weighted by Crippen LogP contribution is 2.25. The Morgan fingerprint density at radius 1 is 1.50 bits per heavy atom. The van der Waals surface area contributed by atoms with E-state index in [4.69, 9.17) is 0 Å². The van der Waals surface area contributed by atoms with Gasteiger partial charge in [0.05, 0.1) is 10.0 Å². The van der Waals surface area contributed by atoms with Crippen LogP contribution in [-0.4, -0.2) is 12.5 Å². The predicted molar refractivity (Wildman–Crippen MR) is 63.8 cm³/mol. The lowest BCUT2D eigenvalue weighted by molar-refractivity contribution is 0.0935. The van der Waals surface area contributed by atoms with Crippen LogP contribution < -0.4 is 5.32 Å². The summed E-state index contributed by atoms with van der Waals surface area (Å²) in [7, 11) is 0. The van der Waals surface area contributed by atoms with Gasteiger partial charge in [-0.1, -0.05) is 12.5 Å². The van der Waals surface area contributed by atoms with Crippen LogP contribution in [0.2, 0.25) is 0 Å². The molecule has 0 aliphatic heterocycles. The van der Waals surface area contributed by atoms with Crippen molar-refractivity contribution in [3.8, 4) is 0 Å². The lowest BCUT2D eigenvalue weighted by Gasteiger charge is -2.25. The second-order valence-electron chi connectivity index (χ2n) is 4.11. The summed E-state index contributed by atoms with van der Waals surface area (Å²) in [6.07, 6.45) is 3.58. The van der Waals surface area contributed by atoms with Crippen LogP contribution in [0, 0.1) is 11.7 Å². The van der Waals surface area contributed by atoms with E-state index in [1.54, 1.807) is 12.1 Å². The Morgan fingerprint density at radius 3 is 2.88 bits per heavy atom. The number of benzene rings is 1. The summed E-state index contributed by atoms with van der Waals surface area (Å²) in [6.45, 7) is 0.658. The smallest absolute Gasteiger partial charge is 0.254 e. The molecule has 4 heteroatoms. The van der Waals surface area contributed by atoms with Crippen LogP contribution in [0.4, 0.5) is 4.39 Å². The zero-order valence-electron chi connectivity index (χ0n) is 8.80. The van der Waals surface area contributed by atoms with Gasteiger partial charge in [0.15, 0.2) is 0 Å². The average Bonchev–Trinajstić information content (AvgIpc) is 2.19. The number of carbonyl (C=O) groups is 1. The molecule has 0 radical (unpaired) electrons. The zero-order chi connectivity index (χ0) is 11.5. The molecule has 1 saturated carbocycles. The first-order valence-electron chi connectivity index (χ1n) is 5.40. The molecule has 1 aliphatic rings. The highest BCUT2D eigenvalue weighted by Gasteiger charge is 2.19. The molecular formula is C12H13BrFNO. The maximum Gasteiger partial charge on any atom is 0.254 e. The van der Waals surface area contributed by atoms with Crippen LogP contribution in [0.15, 0.2) is 22.7 Å². The topological polar surface area (TPSA) is 29.1 Å². The molecule has 1 aliphatic carbocycles. The molecule has 0 spiro atoms. The van der Waals surface area contributed by atoms with Crippen molar-refractivity contribution in [3.05, 3.63) is 34.1 Å². The SMILES string of the molecule is O=C(NCC1CCC1)c1cccc(Br)c1F. The van der Waals surface area contributed by atoms with E-state index in [2.05, 4.69) is 21.2 Å². The predicted octanol–water partition coefficient (Wildman–Crippen LogP) is 3.12. The number of hydrogen-bond donors (Lipinski definition) is 1. The normalized spacial score (nSPS) is 15.6. The Balaban J connectivity index is 1.99. The van der Waals surface area contributed by atoms with E-state index in [1.807, 2.05) is 0 Å². The highest BCUT2D eigenvalue weighted by atomic mass is 79.9. The van der Waals surface area contributed by atoms with Gasteiger partial charge in [0, 0.05) is 6.54 Å². The third-order valence-electron chi connectivity index (χ3n) is 2.97. The van der Waals surface area contributed by atoms with Crippen LogP contribution in [-0.2, 0) is 0 Å². The maximum atomic E-state index is 13.6. The van der Waals surface area contributed by atoms with Gasteiger partial charge in [-0.05, 0) is 46.8 Å². The molecular weight excluding hydrogens is 273 g/mol. The molecule has 1 fully saturated rings. The van der Waals surface area contributed by atoms with Crippen molar-refractivity contribution in [1.82, 2.24) is 5.32 Å². The van der Waals surface area contributed by atoms with Gasteiger partial charge in [-0.25, -0.2) is 4.39 Å². The summed E-state index contributed by atoms with van der Waals surface area (Å²) in [6, 6.07) is 4.74. The van der Waals surface area contributed by atoms with Crippen molar-refractivity contribution in [2.45, 2.75) is 19.3 Å². The van der Waals surface area contributed by atoms with Crippen molar-refractivity contribution in [2.24, 2.45) is 5.92 Å². The van der Waals surface area contributed by atoms with Gasteiger partial charge in [0.25, 0.3) is 5.91 Å². The maximum absolute atomic E-state index is 13.6. The van der Waals surface area contributed by atoms with E-state index in [1.165, 1.54) is 25.3 Å². The Morgan fingerprint density at radius 2 is 2.25 bits per heavy atom. The summed E-state index contributed by atoms with van der Waals surface area (Å²) in [5.41, 5.74) is 0.105. The fraction of sp³-hybridized carbons (Fsp3) is 0.417. The first-order chi connectivity index (χ1) is 7.68. The van der Waals surface area contributed by atoms with Crippen LogP contribution >= 0.6 is 15.9 Å². The van der Waals surface area contributed by atoms with Crippen molar-refractivity contribution in [3.63, 3.8) is 0 Å². The number of nitrogens with one attached hydrogen (secondary N) is 1. The second-order valence-corrected chi connectivity index (χ2v) is 4.96. The van der Waals surface area contributed by atoms with Gasteiger partial charge >= 0.3 is 0 Å². The van der Waals surface area contributed by atoms with Crippen molar-refractivity contribution in [1.29, 1.82) is 0 Å². The molecule has 0 atom stereocenters. The van der Waals surface area contributed by atoms with Gasteiger partial charge in [-0.3, -0.25) is 4.79 Å². The minimum absolute atomic E-state index is 0.105. The largest absolute Gasteiger partial charge is 0.352 e. The van der Waals surface area contributed by atoms with E-state index in [0.717, 1.165) is 0 Å². The summed E-state index contributed by atoms with van der Waals surface area (Å²) >= 11 is 3.06. The molecule has 0 heterocycles. The van der Waals surface area contributed by atoms with Gasteiger partial charge in [-0.2, -0.15) is 0 Å². The molecule has 0 unspecified atom stereocenters. The van der Waals surface area contributed by atoms with Crippen LogP contribution in [0.3, 0.4) is 0 Å².